The van der Waals surface area contributed by atoms with Crippen LogP contribution >= 0.6 is 34.5 Å². The summed E-state index contributed by atoms with van der Waals surface area (Å²) in [7, 11) is 0. The van der Waals surface area contributed by atoms with Crippen molar-refractivity contribution >= 4 is 46.4 Å². The van der Waals surface area contributed by atoms with Crippen LogP contribution in [0, 0.1) is 0 Å². The van der Waals surface area contributed by atoms with E-state index in [0.717, 1.165) is 24.8 Å². The van der Waals surface area contributed by atoms with Crippen LogP contribution in [0.1, 0.15) is 52.2 Å². The molecule has 4 rings (SSSR count). The highest BCUT2D eigenvalue weighted by Gasteiger charge is 2.34. The molecule has 2 heterocycles. The molecule has 2 amide bonds. The van der Waals surface area contributed by atoms with Crippen molar-refractivity contribution in [2.24, 2.45) is 0 Å². The predicted octanol–water partition coefficient (Wildman–Crippen LogP) is 6.47. The van der Waals surface area contributed by atoms with Crippen LogP contribution in [0.3, 0.4) is 0 Å². The quantitative estimate of drug-likeness (QED) is 0.372. The molecule has 172 valence electrons. The molecule has 2 aromatic carbocycles. The summed E-state index contributed by atoms with van der Waals surface area (Å²) in [6.45, 7) is 3.21. The Bertz CT molecular complexity index is 1110. The van der Waals surface area contributed by atoms with E-state index in [0.29, 0.717) is 28.7 Å². The third-order valence-electron chi connectivity index (χ3n) is 5.91. The van der Waals surface area contributed by atoms with Crippen molar-refractivity contribution in [2.75, 3.05) is 19.6 Å². The largest absolute Gasteiger partial charge is 0.330 e. The number of carbonyl (C=O) groups excluding carboxylic acids is 2. The second kappa shape index (κ2) is 10.7. The number of amides is 2. The van der Waals surface area contributed by atoms with Crippen LogP contribution in [0.4, 0.5) is 0 Å². The SMILES string of the molecule is CCCCN(CC(=O)N1CCc2sccc2C1c1ccccc1)C(=O)c1cc(Cl)cc(Cl)c1. The minimum Gasteiger partial charge on any atom is -0.330 e. The van der Waals surface area contributed by atoms with Crippen LogP contribution in [0.5, 0.6) is 0 Å². The Labute approximate surface area is 208 Å². The topological polar surface area (TPSA) is 40.6 Å². The zero-order valence-corrected chi connectivity index (χ0v) is 20.8. The third kappa shape index (κ3) is 5.43. The lowest BCUT2D eigenvalue weighted by molar-refractivity contribution is -0.134. The molecular formula is C26H26Cl2N2O2S. The van der Waals surface area contributed by atoms with Gasteiger partial charge in [-0.25, -0.2) is 0 Å². The van der Waals surface area contributed by atoms with Gasteiger partial charge in [0.1, 0.15) is 6.54 Å². The van der Waals surface area contributed by atoms with Gasteiger partial charge in [0, 0.05) is 33.6 Å². The van der Waals surface area contributed by atoms with Crippen molar-refractivity contribution in [3.05, 3.63) is 91.6 Å². The van der Waals surface area contributed by atoms with E-state index >= 15 is 0 Å². The van der Waals surface area contributed by atoms with Gasteiger partial charge in [0.05, 0.1) is 6.04 Å². The summed E-state index contributed by atoms with van der Waals surface area (Å²) >= 11 is 14.0. The fourth-order valence-corrected chi connectivity index (χ4v) is 5.73. The molecule has 4 nitrogen and oxygen atoms in total. The number of hydrogen-bond donors (Lipinski definition) is 0. The fraction of sp³-hybridized carbons (Fsp3) is 0.308. The van der Waals surface area contributed by atoms with Crippen LogP contribution in [0.2, 0.25) is 10.0 Å². The normalized spacial score (nSPS) is 15.2. The van der Waals surface area contributed by atoms with Crippen LogP contribution in [-0.2, 0) is 11.2 Å². The first kappa shape index (κ1) is 23.8. The zero-order chi connectivity index (χ0) is 23.4. The van der Waals surface area contributed by atoms with Gasteiger partial charge in [-0.1, -0.05) is 66.9 Å². The Hall–Kier alpha value is -2.34. The van der Waals surface area contributed by atoms with E-state index in [4.69, 9.17) is 23.2 Å². The monoisotopic (exact) mass is 500 g/mol. The van der Waals surface area contributed by atoms with Gasteiger partial charge in [-0.2, -0.15) is 0 Å². The van der Waals surface area contributed by atoms with Crippen molar-refractivity contribution in [3.8, 4) is 0 Å². The average Bonchev–Trinajstić information content (AvgIpc) is 3.29. The zero-order valence-electron chi connectivity index (χ0n) is 18.5. The van der Waals surface area contributed by atoms with Gasteiger partial charge in [-0.15, -0.1) is 11.3 Å². The Morgan fingerprint density at radius 3 is 2.52 bits per heavy atom. The minimum absolute atomic E-state index is 0.0196. The van der Waals surface area contributed by atoms with Crippen molar-refractivity contribution < 1.29 is 9.59 Å². The van der Waals surface area contributed by atoms with Gasteiger partial charge in [0.2, 0.25) is 5.91 Å². The molecular weight excluding hydrogens is 475 g/mol. The molecule has 1 aliphatic rings. The lowest BCUT2D eigenvalue weighted by atomic mass is 9.93. The Balaban J connectivity index is 1.61. The summed E-state index contributed by atoms with van der Waals surface area (Å²) in [6, 6.07) is 16.9. The minimum atomic E-state index is -0.231. The molecule has 1 aliphatic heterocycles. The summed E-state index contributed by atoms with van der Waals surface area (Å²) in [6.07, 6.45) is 2.56. The van der Waals surface area contributed by atoms with Crippen LogP contribution in [-0.4, -0.2) is 41.2 Å². The second-order valence-corrected chi connectivity index (χ2v) is 10.1. The van der Waals surface area contributed by atoms with Gasteiger partial charge >= 0.3 is 0 Å². The van der Waals surface area contributed by atoms with Gasteiger partial charge in [-0.05, 0) is 53.6 Å². The summed E-state index contributed by atoms with van der Waals surface area (Å²) in [5.41, 5.74) is 2.66. The number of rotatable bonds is 7. The van der Waals surface area contributed by atoms with Crippen LogP contribution in [0.25, 0.3) is 0 Å². The van der Waals surface area contributed by atoms with Crippen molar-refractivity contribution in [1.82, 2.24) is 9.80 Å². The summed E-state index contributed by atoms with van der Waals surface area (Å²) in [5, 5.41) is 2.89. The van der Waals surface area contributed by atoms with Crippen molar-refractivity contribution in [1.29, 1.82) is 0 Å². The molecule has 1 unspecified atom stereocenters. The first-order chi connectivity index (χ1) is 16.0. The predicted molar refractivity (Wildman–Crippen MR) is 135 cm³/mol. The number of unbranched alkanes of at least 4 members (excludes halogenated alkanes) is 1. The first-order valence-corrected chi connectivity index (χ1v) is 12.8. The van der Waals surface area contributed by atoms with E-state index in [1.807, 2.05) is 23.1 Å². The van der Waals surface area contributed by atoms with Crippen molar-refractivity contribution in [2.45, 2.75) is 32.2 Å². The summed E-state index contributed by atoms with van der Waals surface area (Å²) in [4.78, 5) is 31.8. The van der Waals surface area contributed by atoms with E-state index in [2.05, 4.69) is 30.5 Å². The van der Waals surface area contributed by atoms with Gasteiger partial charge in [0.15, 0.2) is 0 Å². The molecule has 0 aliphatic carbocycles. The van der Waals surface area contributed by atoms with E-state index in [1.54, 1.807) is 34.4 Å². The van der Waals surface area contributed by atoms with E-state index in [9.17, 15) is 9.59 Å². The first-order valence-electron chi connectivity index (χ1n) is 11.1. The molecule has 0 saturated carbocycles. The highest BCUT2D eigenvalue weighted by molar-refractivity contribution is 7.10. The molecule has 33 heavy (non-hydrogen) atoms. The summed E-state index contributed by atoms with van der Waals surface area (Å²) < 4.78 is 0. The number of nitrogens with zero attached hydrogens (tertiary/aromatic N) is 2. The maximum Gasteiger partial charge on any atom is 0.254 e. The van der Waals surface area contributed by atoms with Gasteiger partial charge in [-0.3, -0.25) is 9.59 Å². The highest BCUT2D eigenvalue weighted by Crippen LogP contribution is 2.37. The number of halogens is 2. The number of fused-ring (bicyclic) bond motifs is 1. The smallest absolute Gasteiger partial charge is 0.254 e. The van der Waals surface area contributed by atoms with Crippen LogP contribution in [0.15, 0.2) is 60.0 Å². The molecule has 3 aromatic rings. The Morgan fingerprint density at radius 2 is 1.82 bits per heavy atom. The second-order valence-electron chi connectivity index (χ2n) is 8.19. The Morgan fingerprint density at radius 1 is 1.09 bits per heavy atom. The van der Waals surface area contributed by atoms with E-state index in [-0.39, 0.29) is 24.4 Å². The summed E-state index contributed by atoms with van der Waals surface area (Å²) in [5.74, 6) is -0.288. The molecule has 0 radical (unpaired) electrons. The number of carbonyl (C=O) groups is 2. The third-order valence-corrected chi connectivity index (χ3v) is 7.34. The maximum atomic E-state index is 13.6. The molecule has 7 heteroatoms. The standard InChI is InChI=1S/C26H26Cl2N2O2S/c1-2-3-11-29(26(32)19-14-20(27)16-21(28)15-19)17-24(31)30-12-9-23-22(10-13-33-23)25(30)18-7-5-4-6-8-18/h4-8,10,13-16,25H,2-3,9,11-12,17H2,1H3. The average molecular weight is 501 g/mol. The number of thiophene rings is 1. The molecule has 0 saturated heterocycles. The molecule has 0 bridgehead atoms. The molecule has 0 spiro atoms. The molecule has 1 atom stereocenters. The lowest BCUT2D eigenvalue weighted by Gasteiger charge is -2.37. The molecule has 0 N–H and O–H groups in total. The van der Waals surface area contributed by atoms with E-state index < -0.39 is 0 Å². The molecule has 1 aromatic heterocycles. The number of benzene rings is 2. The van der Waals surface area contributed by atoms with Gasteiger partial charge in [0.25, 0.3) is 5.91 Å². The van der Waals surface area contributed by atoms with Crippen LogP contribution < -0.4 is 0 Å². The fourth-order valence-electron chi connectivity index (χ4n) is 4.30. The lowest BCUT2D eigenvalue weighted by Crippen LogP contribution is -2.47. The van der Waals surface area contributed by atoms with E-state index in [1.165, 1.54) is 10.4 Å². The van der Waals surface area contributed by atoms with Gasteiger partial charge < -0.3 is 9.80 Å². The maximum absolute atomic E-state index is 13.6. The Kier molecular flexibility index (Phi) is 7.74. The molecule has 0 fully saturated rings. The highest BCUT2D eigenvalue weighted by atomic mass is 35.5. The number of hydrogen-bond acceptors (Lipinski definition) is 3. The van der Waals surface area contributed by atoms with Crippen molar-refractivity contribution in [3.63, 3.8) is 0 Å².